The first-order valence-electron chi connectivity index (χ1n) is 4.38. The molecule has 0 bridgehead atoms. The SMILES string of the molecule is CCOC(=O)c1nc(C(F)F)cc(I)c1N. The average molecular weight is 342 g/mol. The molecule has 16 heavy (non-hydrogen) atoms. The Morgan fingerprint density at radius 3 is 2.81 bits per heavy atom. The van der Waals surface area contributed by atoms with Gasteiger partial charge in [-0.1, -0.05) is 0 Å². The number of aromatic nitrogens is 1. The molecule has 1 aromatic rings. The molecule has 0 amide bonds. The van der Waals surface area contributed by atoms with Crippen molar-refractivity contribution >= 4 is 34.2 Å². The van der Waals surface area contributed by atoms with Gasteiger partial charge in [-0.05, 0) is 35.6 Å². The van der Waals surface area contributed by atoms with Crippen LogP contribution < -0.4 is 5.73 Å². The normalized spacial score (nSPS) is 10.6. The molecule has 0 saturated heterocycles. The third-order valence-corrected chi connectivity index (χ3v) is 2.61. The van der Waals surface area contributed by atoms with Gasteiger partial charge in [-0.3, -0.25) is 0 Å². The first-order valence-corrected chi connectivity index (χ1v) is 5.46. The molecule has 0 atom stereocenters. The van der Waals surface area contributed by atoms with Crippen molar-refractivity contribution in [1.82, 2.24) is 4.98 Å². The number of esters is 1. The Morgan fingerprint density at radius 1 is 1.69 bits per heavy atom. The molecule has 0 radical (unpaired) electrons. The third kappa shape index (κ3) is 2.77. The van der Waals surface area contributed by atoms with Gasteiger partial charge in [0, 0.05) is 3.57 Å². The summed E-state index contributed by atoms with van der Waals surface area (Å²) in [5.41, 5.74) is 4.88. The Balaban J connectivity index is 3.21. The van der Waals surface area contributed by atoms with E-state index >= 15 is 0 Å². The summed E-state index contributed by atoms with van der Waals surface area (Å²) in [4.78, 5) is 14.9. The Morgan fingerprint density at radius 2 is 2.31 bits per heavy atom. The fourth-order valence-corrected chi connectivity index (χ4v) is 1.58. The molecule has 1 heterocycles. The van der Waals surface area contributed by atoms with Gasteiger partial charge in [-0.2, -0.15) is 0 Å². The van der Waals surface area contributed by atoms with Crippen LogP contribution in [0.5, 0.6) is 0 Å². The Labute approximate surface area is 104 Å². The van der Waals surface area contributed by atoms with Crippen LogP contribution in [0.25, 0.3) is 0 Å². The smallest absolute Gasteiger partial charge is 0.359 e. The van der Waals surface area contributed by atoms with Crippen molar-refractivity contribution in [3.05, 3.63) is 21.0 Å². The number of alkyl halides is 2. The molecular weight excluding hydrogens is 333 g/mol. The quantitative estimate of drug-likeness (QED) is 0.677. The molecular formula is C9H9F2IN2O2. The third-order valence-electron chi connectivity index (χ3n) is 1.72. The summed E-state index contributed by atoms with van der Waals surface area (Å²) >= 11 is 1.76. The van der Waals surface area contributed by atoms with Gasteiger partial charge in [0.25, 0.3) is 6.43 Å². The van der Waals surface area contributed by atoms with E-state index in [2.05, 4.69) is 9.72 Å². The van der Waals surface area contributed by atoms with Gasteiger partial charge in [-0.25, -0.2) is 18.6 Å². The number of ether oxygens (including phenoxy) is 1. The van der Waals surface area contributed by atoms with Crippen molar-refractivity contribution in [2.75, 3.05) is 12.3 Å². The molecule has 88 valence electrons. The van der Waals surface area contributed by atoms with Crippen molar-refractivity contribution < 1.29 is 18.3 Å². The number of hydrogen-bond donors (Lipinski definition) is 1. The number of pyridine rings is 1. The molecule has 0 fully saturated rings. The summed E-state index contributed by atoms with van der Waals surface area (Å²) in [6.07, 6.45) is -2.75. The van der Waals surface area contributed by atoms with Crippen LogP contribution in [0.3, 0.4) is 0 Å². The minimum atomic E-state index is -2.75. The van der Waals surface area contributed by atoms with Gasteiger partial charge in [-0.15, -0.1) is 0 Å². The number of hydrogen-bond acceptors (Lipinski definition) is 4. The zero-order chi connectivity index (χ0) is 12.3. The molecule has 0 aromatic carbocycles. The van der Waals surface area contributed by atoms with Gasteiger partial charge in [0.05, 0.1) is 12.3 Å². The zero-order valence-corrected chi connectivity index (χ0v) is 10.5. The van der Waals surface area contributed by atoms with E-state index < -0.39 is 18.1 Å². The van der Waals surface area contributed by atoms with E-state index in [4.69, 9.17) is 5.73 Å². The van der Waals surface area contributed by atoms with Crippen molar-refractivity contribution in [3.8, 4) is 0 Å². The van der Waals surface area contributed by atoms with Crippen LogP contribution in [0.4, 0.5) is 14.5 Å². The average Bonchev–Trinajstić information content (AvgIpc) is 2.21. The number of anilines is 1. The molecule has 1 aromatic heterocycles. The van der Waals surface area contributed by atoms with Crippen molar-refractivity contribution in [2.24, 2.45) is 0 Å². The fourth-order valence-electron chi connectivity index (χ4n) is 1.01. The molecule has 0 aliphatic carbocycles. The van der Waals surface area contributed by atoms with Crippen LogP contribution >= 0.6 is 22.6 Å². The van der Waals surface area contributed by atoms with E-state index in [0.29, 0.717) is 3.57 Å². The van der Waals surface area contributed by atoms with Crippen molar-refractivity contribution in [3.63, 3.8) is 0 Å². The summed E-state index contributed by atoms with van der Waals surface area (Å²) in [5.74, 6) is -0.791. The maximum absolute atomic E-state index is 12.4. The minimum absolute atomic E-state index is 0.0588. The van der Waals surface area contributed by atoms with E-state index in [1.54, 1.807) is 29.5 Å². The second-order valence-electron chi connectivity index (χ2n) is 2.81. The molecule has 0 unspecified atom stereocenters. The monoisotopic (exact) mass is 342 g/mol. The minimum Gasteiger partial charge on any atom is -0.461 e. The van der Waals surface area contributed by atoms with Gasteiger partial charge in [0.1, 0.15) is 5.69 Å². The molecule has 0 aliphatic heterocycles. The predicted molar refractivity (Wildman–Crippen MR) is 62.3 cm³/mol. The summed E-state index contributed by atoms with van der Waals surface area (Å²) in [6.45, 7) is 1.74. The maximum Gasteiger partial charge on any atom is 0.359 e. The molecule has 2 N–H and O–H groups in total. The zero-order valence-electron chi connectivity index (χ0n) is 8.34. The van der Waals surface area contributed by atoms with E-state index in [9.17, 15) is 13.6 Å². The van der Waals surface area contributed by atoms with E-state index in [1.807, 2.05) is 0 Å². The topological polar surface area (TPSA) is 65.2 Å². The number of carbonyl (C=O) groups is 1. The van der Waals surface area contributed by atoms with Gasteiger partial charge in [0.2, 0.25) is 0 Å². The first-order chi connectivity index (χ1) is 7.47. The number of nitrogens with zero attached hydrogens (tertiary/aromatic N) is 1. The van der Waals surface area contributed by atoms with Gasteiger partial charge < -0.3 is 10.5 Å². The summed E-state index contributed by atoms with van der Waals surface area (Å²) in [6, 6.07) is 1.14. The summed E-state index contributed by atoms with van der Waals surface area (Å²) in [7, 11) is 0. The van der Waals surface area contributed by atoms with Gasteiger partial charge in [0.15, 0.2) is 5.69 Å². The fraction of sp³-hybridized carbons (Fsp3) is 0.333. The lowest BCUT2D eigenvalue weighted by atomic mass is 10.2. The molecule has 0 saturated carbocycles. The highest BCUT2D eigenvalue weighted by atomic mass is 127. The second-order valence-corrected chi connectivity index (χ2v) is 3.97. The predicted octanol–water partition coefficient (Wildman–Crippen LogP) is 2.38. The molecule has 4 nitrogen and oxygen atoms in total. The van der Waals surface area contributed by atoms with Crippen molar-refractivity contribution in [1.29, 1.82) is 0 Å². The Bertz CT molecular complexity index is 413. The molecule has 0 aliphatic rings. The first kappa shape index (κ1) is 13.1. The van der Waals surface area contributed by atoms with Crippen LogP contribution in [0.2, 0.25) is 0 Å². The largest absolute Gasteiger partial charge is 0.461 e. The number of halogens is 3. The van der Waals surface area contributed by atoms with Crippen LogP contribution in [0, 0.1) is 3.57 Å². The summed E-state index contributed by atoms with van der Waals surface area (Å²) < 4.78 is 29.9. The Kier molecular flexibility index (Phi) is 4.39. The number of nitrogens with two attached hydrogens (primary N) is 1. The maximum atomic E-state index is 12.4. The lowest BCUT2D eigenvalue weighted by Gasteiger charge is -2.08. The lowest BCUT2D eigenvalue weighted by molar-refractivity contribution is 0.0519. The van der Waals surface area contributed by atoms with Crippen LogP contribution in [-0.2, 0) is 4.74 Å². The lowest BCUT2D eigenvalue weighted by Crippen LogP contribution is -2.13. The van der Waals surface area contributed by atoms with E-state index in [1.165, 1.54) is 0 Å². The summed E-state index contributed by atoms with van der Waals surface area (Å²) in [5, 5.41) is 0. The number of carbonyl (C=O) groups excluding carboxylic acids is 1. The Hall–Kier alpha value is -0.990. The van der Waals surface area contributed by atoms with E-state index in [-0.39, 0.29) is 18.0 Å². The van der Waals surface area contributed by atoms with E-state index in [0.717, 1.165) is 6.07 Å². The van der Waals surface area contributed by atoms with Crippen molar-refractivity contribution in [2.45, 2.75) is 13.3 Å². The number of nitrogen functional groups attached to an aromatic ring is 1. The van der Waals surface area contributed by atoms with Crippen LogP contribution in [0.1, 0.15) is 29.5 Å². The highest BCUT2D eigenvalue weighted by molar-refractivity contribution is 14.1. The van der Waals surface area contributed by atoms with Gasteiger partial charge >= 0.3 is 5.97 Å². The molecule has 1 rings (SSSR count). The number of rotatable bonds is 3. The standard InChI is InChI=1S/C9H9F2IN2O2/c1-2-16-9(15)7-6(13)4(12)3-5(14-7)8(10)11/h3,8H,2,13H2,1H3. The highest BCUT2D eigenvalue weighted by Gasteiger charge is 2.20. The van der Waals surface area contributed by atoms with Crippen LogP contribution in [0.15, 0.2) is 6.07 Å². The highest BCUT2D eigenvalue weighted by Crippen LogP contribution is 2.25. The van der Waals surface area contributed by atoms with Crippen LogP contribution in [-0.4, -0.2) is 17.6 Å². The molecule has 0 spiro atoms. The second kappa shape index (κ2) is 5.37. The molecule has 7 heteroatoms.